The fraction of sp³-hybridized carbons (Fsp3) is 0.0833. The van der Waals surface area contributed by atoms with Gasteiger partial charge in [-0.1, -0.05) is 41.9 Å². The van der Waals surface area contributed by atoms with Crippen LogP contribution in [0.1, 0.15) is 18.7 Å². The standard InChI is InChI=1S/C24H17ClIN5O/c1-14(28-22-21-18(11-6-12-27-21)29-24(26)30-22)19-13-15-7-5-10-17(25)20(15)23(32)31(19)16-8-3-2-4-9-16/h2-14H,1H3,(H,28,29,30)/t14-/m0/s1. The third-order valence-electron chi connectivity index (χ3n) is 5.26. The highest BCUT2D eigenvalue weighted by molar-refractivity contribution is 14.1. The molecular formula is C24H17ClIN5O. The van der Waals surface area contributed by atoms with Gasteiger partial charge in [0.15, 0.2) is 9.65 Å². The van der Waals surface area contributed by atoms with Gasteiger partial charge in [-0.2, -0.15) is 0 Å². The van der Waals surface area contributed by atoms with Crippen LogP contribution in [0.2, 0.25) is 5.02 Å². The predicted molar refractivity (Wildman–Crippen MR) is 137 cm³/mol. The van der Waals surface area contributed by atoms with Crippen molar-refractivity contribution in [1.82, 2.24) is 19.5 Å². The molecular weight excluding hydrogens is 537 g/mol. The van der Waals surface area contributed by atoms with Crippen LogP contribution in [0.3, 0.4) is 0 Å². The van der Waals surface area contributed by atoms with E-state index in [0.717, 1.165) is 22.3 Å². The van der Waals surface area contributed by atoms with E-state index in [0.29, 0.717) is 25.6 Å². The minimum Gasteiger partial charge on any atom is -0.360 e. The van der Waals surface area contributed by atoms with Gasteiger partial charge in [-0.3, -0.25) is 14.3 Å². The number of aromatic nitrogens is 4. The second-order valence-electron chi connectivity index (χ2n) is 7.33. The Kier molecular flexibility index (Phi) is 5.52. The number of nitrogens with zero attached hydrogens (tertiary/aromatic N) is 4. The van der Waals surface area contributed by atoms with Crippen molar-refractivity contribution in [3.63, 3.8) is 0 Å². The normalized spacial score (nSPS) is 12.2. The molecule has 0 saturated carbocycles. The van der Waals surface area contributed by atoms with E-state index in [2.05, 4.69) is 42.9 Å². The van der Waals surface area contributed by atoms with Crippen molar-refractivity contribution in [2.24, 2.45) is 0 Å². The lowest BCUT2D eigenvalue weighted by atomic mass is 10.1. The highest BCUT2D eigenvalue weighted by Crippen LogP contribution is 2.28. The quantitative estimate of drug-likeness (QED) is 0.226. The molecule has 0 bridgehead atoms. The largest absolute Gasteiger partial charge is 0.360 e. The fourth-order valence-corrected chi connectivity index (χ4v) is 4.58. The van der Waals surface area contributed by atoms with Gasteiger partial charge in [0.2, 0.25) is 0 Å². The van der Waals surface area contributed by atoms with Gasteiger partial charge in [0.1, 0.15) is 5.52 Å². The van der Waals surface area contributed by atoms with Crippen LogP contribution in [0, 0.1) is 3.83 Å². The summed E-state index contributed by atoms with van der Waals surface area (Å²) in [4.78, 5) is 27.1. The van der Waals surface area contributed by atoms with Crippen molar-refractivity contribution in [1.29, 1.82) is 0 Å². The maximum atomic E-state index is 13.6. The molecule has 3 heterocycles. The summed E-state index contributed by atoms with van der Waals surface area (Å²) in [6, 6.07) is 20.5. The van der Waals surface area contributed by atoms with Crippen LogP contribution in [0.5, 0.6) is 0 Å². The van der Waals surface area contributed by atoms with Crippen LogP contribution in [0.4, 0.5) is 5.82 Å². The molecule has 158 valence electrons. The van der Waals surface area contributed by atoms with Gasteiger partial charge >= 0.3 is 0 Å². The number of anilines is 1. The molecule has 0 aliphatic carbocycles. The Bertz CT molecular complexity index is 1520. The van der Waals surface area contributed by atoms with Gasteiger partial charge in [-0.15, -0.1) is 0 Å². The topological polar surface area (TPSA) is 72.7 Å². The lowest BCUT2D eigenvalue weighted by Gasteiger charge is -2.22. The molecule has 0 spiro atoms. The van der Waals surface area contributed by atoms with Gasteiger partial charge < -0.3 is 5.32 Å². The van der Waals surface area contributed by atoms with Gasteiger partial charge in [-0.25, -0.2) is 9.97 Å². The van der Waals surface area contributed by atoms with Crippen molar-refractivity contribution in [2.45, 2.75) is 13.0 Å². The number of hydrogen-bond donors (Lipinski definition) is 1. The van der Waals surface area contributed by atoms with Crippen molar-refractivity contribution < 1.29 is 0 Å². The molecule has 0 saturated heterocycles. The fourth-order valence-electron chi connectivity index (χ4n) is 3.82. The number of fused-ring (bicyclic) bond motifs is 2. The zero-order valence-corrected chi connectivity index (χ0v) is 19.9. The molecule has 1 N–H and O–H groups in total. The minimum atomic E-state index is -0.262. The van der Waals surface area contributed by atoms with Gasteiger partial charge in [-0.05, 0) is 48.7 Å². The Morgan fingerprint density at radius 1 is 1.03 bits per heavy atom. The van der Waals surface area contributed by atoms with E-state index < -0.39 is 0 Å². The third-order valence-corrected chi connectivity index (χ3v) is 6.06. The molecule has 0 radical (unpaired) electrons. The number of hydrogen-bond acceptors (Lipinski definition) is 5. The monoisotopic (exact) mass is 553 g/mol. The van der Waals surface area contributed by atoms with E-state index >= 15 is 0 Å². The molecule has 3 aromatic heterocycles. The van der Waals surface area contributed by atoms with Crippen molar-refractivity contribution >= 4 is 61.8 Å². The molecule has 8 heteroatoms. The molecule has 2 aromatic carbocycles. The van der Waals surface area contributed by atoms with Crippen molar-refractivity contribution in [3.8, 4) is 5.69 Å². The third kappa shape index (κ3) is 3.71. The lowest BCUT2D eigenvalue weighted by Crippen LogP contribution is -2.26. The van der Waals surface area contributed by atoms with Crippen LogP contribution >= 0.6 is 34.2 Å². The van der Waals surface area contributed by atoms with Gasteiger partial charge in [0, 0.05) is 40.2 Å². The zero-order valence-electron chi connectivity index (χ0n) is 17.0. The average Bonchev–Trinajstić information content (AvgIpc) is 2.79. The maximum absolute atomic E-state index is 13.6. The number of halogens is 2. The predicted octanol–water partition coefficient (Wildman–Crippen LogP) is 5.76. The SMILES string of the molecule is C[C@H](Nc1nc(I)nc2cccnc12)c1cc2cccc(Cl)c2c(=O)n1-c1ccccc1. The molecule has 32 heavy (non-hydrogen) atoms. The first-order valence-electron chi connectivity index (χ1n) is 9.97. The molecule has 1 atom stereocenters. The summed E-state index contributed by atoms with van der Waals surface area (Å²) in [5.41, 5.74) is 2.82. The van der Waals surface area contributed by atoms with E-state index in [1.54, 1.807) is 16.8 Å². The Labute approximate surface area is 202 Å². The maximum Gasteiger partial charge on any atom is 0.264 e. The van der Waals surface area contributed by atoms with Crippen LogP contribution in [0.25, 0.3) is 27.5 Å². The summed E-state index contributed by atoms with van der Waals surface area (Å²) >= 11 is 8.50. The van der Waals surface area contributed by atoms with E-state index in [9.17, 15) is 4.79 Å². The molecule has 0 amide bonds. The first kappa shape index (κ1) is 20.8. The summed E-state index contributed by atoms with van der Waals surface area (Å²) in [5, 5.41) is 5.17. The number of nitrogens with one attached hydrogen (secondary N) is 1. The Balaban J connectivity index is 1.71. The van der Waals surface area contributed by atoms with E-state index in [4.69, 9.17) is 11.6 Å². The molecule has 0 fully saturated rings. The lowest BCUT2D eigenvalue weighted by molar-refractivity contribution is 0.773. The highest BCUT2D eigenvalue weighted by Gasteiger charge is 2.19. The Hall–Kier alpha value is -3.04. The second kappa shape index (κ2) is 8.48. The van der Waals surface area contributed by atoms with Crippen LogP contribution in [-0.2, 0) is 0 Å². The first-order valence-corrected chi connectivity index (χ1v) is 11.4. The van der Waals surface area contributed by atoms with Crippen LogP contribution in [-0.4, -0.2) is 19.5 Å². The molecule has 5 rings (SSSR count). The first-order chi connectivity index (χ1) is 15.5. The number of rotatable bonds is 4. The minimum absolute atomic E-state index is 0.164. The average molecular weight is 554 g/mol. The van der Waals surface area contributed by atoms with Gasteiger partial charge in [0.25, 0.3) is 5.56 Å². The second-order valence-corrected chi connectivity index (χ2v) is 8.70. The summed E-state index contributed by atoms with van der Waals surface area (Å²) in [6.45, 7) is 1.99. The summed E-state index contributed by atoms with van der Waals surface area (Å²) in [6.07, 6.45) is 1.71. The number of benzene rings is 2. The Morgan fingerprint density at radius 2 is 1.84 bits per heavy atom. The number of para-hydroxylation sites is 1. The molecule has 6 nitrogen and oxygen atoms in total. The Morgan fingerprint density at radius 3 is 2.66 bits per heavy atom. The zero-order chi connectivity index (χ0) is 22.2. The van der Waals surface area contributed by atoms with Crippen LogP contribution in [0.15, 0.2) is 77.7 Å². The van der Waals surface area contributed by atoms with E-state index in [1.807, 2.05) is 67.6 Å². The van der Waals surface area contributed by atoms with Crippen molar-refractivity contribution in [2.75, 3.05) is 5.32 Å². The summed E-state index contributed by atoms with van der Waals surface area (Å²) in [5.74, 6) is 0.616. The molecule has 0 aliphatic rings. The van der Waals surface area contributed by atoms with E-state index in [-0.39, 0.29) is 11.6 Å². The van der Waals surface area contributed by atoms with E-state index in [1.165, 1.54) is 0 Å². The molecule has 0 unspecified atom stereocenters. The number of pyridine rings is 2. The highest BCUT2D eigenvalue weighted by atomic mass is 127. The molecule has 0 aliphatic heterocycles. The van der Waals surface area contributed by atoms with Crippen molar-refractivity contribution in [3.05, 3.63) is 97.8 Å². The van der Waals surface area contributed by atoms with Crippen LogP contribution < -0.4 is 10.9 Å². The summed E-state index contributed by atoms with van der Waals surface area (Å²) < 4.78 is 2.32. The molecule has 5 aromatic rings. The smallest absolute Gasteiger partial charge is 0.264 e. The van der Waals surface area contributed by atoms with Gasteiger partial charge in [0.05, 0.1) is 22.0 Å². The summed E-state index contributed by atoms with van der Waals surface area (Å²) in [7, 11) is 0.